The molecule has 330 valence electrons. The van der Waals surface area contributed by atoms with E-state index in [2.05, 4.69) is 25.8 Å². The SMILES string of the molecule is COC1=CC(=O)N(C(=O)/C=C/[C@H](C)NC(=O)[C@H](CC(C)C)NC(=O)[C@H](CC2CCCCC2)NC(=O)C2CCN(C)CC2)[C@H]1Cc1c[nH]c2ccccc12.O=C(O)C(F)(F)F. The minimum atomic E-state index is -5.08. The van der Waals surface area contributed by atoms with Crippen molar-refractivity contribution >= 4 is 46.4 Å². The molecule has 5 rings (SSSR count). The number of nitrogens with zero attached hydrogens (tertiary/aromatic N) is 2. The van der Waals surface area contributed by atoms with Crippen LogP contribution in [0.15, 0.2) is 54.4 Å². The van der Waals surface area contributed by atoms with Crippen LogP contribution in [-0.2, 0) is 39.9 Å². The van der Waals surface area contributed by atoms with E-state index >= 15 is 0 Å². The lowest BCUT2D eigenvalue weighted by molar-refractivity contribution is -0.192. The van der Waals surface area contributed by atoms with E-state index in [4.69, 9.17) is 14.6 Å². The maximum absolute atomic E-state index is 13.9. The third-order valence-electron chi connectivity index (χ3n) is 11.2. The number of hydrogen-bond acceptors (Lipinski definition) is 8. The number of methoxy groups -OCH3 is 1. The quantitative estimate of drug-likeness (QED) is 0.154. The van der Waals surface area contributed by atoms with Gasteiger partial charge in [-0.25, -0.2) is 4.79 Å². The van der Waals surface area contributed by atoms with Crippen molar-refractivity contribution in [3.8, 4) is 0 Å². The molecule has 17 heteroatoms. The number of para-hydroxylation sites is 1. The highest BCUT2D eigenvalue weighted by atomic mass is 19.4. The van der Waals surface area contributed by atoms with Crippen LogP contribution in [0.25, 0.3) is 10.9 Å². The lowest BCUT2D eigenvalue weighted by atomic mass is 9.84. The number of fused-ring (bicyclic) bond motifs is 1. The molecule has 0 radical (unpaired) electrons. The zero-order valence-electron chi connectivity index (χ0n) is 35.0. The van der Waals surface area contributed by atoms with Crippen LogP contribution in [0.2, 0.25) is 0 Å². The fourth-order valence-corrected chi connectivity index (χ4v) is 7.93. The zero-order chi connectivity index (χ0) is 44.1. The summed E-state index contributed by atoms with van der Waals surface area (Å²) in [5.41, 5.74) is 1.91. The Labute approximate surface area is 348 Å². The van der Waals surface area contributed by atoms with E-state index in [1.807, 2.05) is 51.4 Å². The van der Waals surface area contributed by atoms with Crippen molar-refractivity contribution < 1.29 is 51.8 Å². The summed E-state index contributed by atoms with van der Waals surface area (Å²) >= 11 is 0. The molecule has 2 fully saturated rings. The number of aromatic nitrogens is 1. The predicted molar refractivity (Wildman–Crippen MR) is 218 cm³/mol. The second-order valence-corrected chi connectivity index (χ2v) is 16.4. The first-order valence-electron chi connectivity index (χ1n) is 20.6. The lowest BCUT2D eigenvalue weighted by Crippen LogP contribution is -2.56. The molecular weight excluding hydrogens is 786 g/mol. The molecule has 1 saturated carbocycles. The summed E-state index contributed by atoms with van der Waals surface area (Å²) < 4.78 is 37.3. The number of halogens is 3. The van der Waals surface area contributed by atoms with Gasteiger partial charge in [0.25, 0.3) is 11.8 Å². The van der Waals surface area contributed by atoms with E-state index in [0.717, 1.165) is 68.1 Å². The fraction of sp³-hybridized carbons (Fsp3) is 0.581. The molecule has 2 aromatic rings. The average molecular weight is 845 g/mol. The molecule has 1 aromatic heterocycles. The summed E-state index contributed by atoms with van der Waals surface area (Å²) in [6.45, 7) is 7.39. The number of carbonyl (C=O) groups excluding carboxylic acids is 5. The summed E-state index contributed by atoms with van der Waals surface area (Å²) in [7, 11) is 3.53. The predicted octanol–water partition coefficient (Wildman–Crippen LogP) is 5.00. The second-order valence-electron chi connectivity index (χ2n) is 16.4. The van der Waals surface area contributed by atoms with Gasteiger partial charge >= 0.3 is 12.1 Å². The van der Waals surface area contributed by atoms with Gasteiger partial charge in [0, 0.05) is 47.6 Å². The van der Waals surface area contributed by atoms with Crippen molar-refractivity contribution in [1.82, 2.24) is 30.7 Å². The van der Waals surface area contributed by atoms with Crippen LogP contribution >= 0.6 is 0 Å². The first-order chi connectivity index (χ1) is 28.4. The molecule has 5 N–H and O–H groups in total. The number of imide groups is 1. The molecule has 3 heterocycles. The first-order valence-corrected chi connectivity index (χ1v) is 20.6. The Morgan fingerprint density at radius 2 is 1.58 bits per heavy atom. The van der Waals surface area contributed by atoms with Gasteiger partial charge in [0.15, 0.2) is 0 Å². The number of ether oxygens (including phenoxy) is 1. The van der Waals surface area contributed by atoms with Crippen LogP contribution < -0.4 is 16.0 Å². The molecule has 1 aromatic carbocycles. The van der Waals surface area contributed by atoms with Gasteiger partial charge in [0.1, 0.15) is 23.9 Å². The molecule has 3 aliphatic rings. The maximum Gasteiger partial charge on any atom is 0.490 e. The number of hydrogen-bond donors (Lipinski definition) is 5. The first kappa shape index (κ1) is 47.5. The number of aliphatic carboxylic acids is 1. The van der Waals surface area contributed by atoms with E-state index in [-0.39, 0.29) is 29.6 Å². The number of aromatic amines is 1. The summed E-state index contributed by atoms with van der Waals surface area (Å²) in [6, 6.07) is 5.07. The van der Waals surface area contributed by atoms with Gasteiger partial charge in [0.05, 0.1) is 7.11 Å². The van der Waals surface area contributed by atoms with Crippen LogP contribution in [0.5, 0.6) is 0 Å². The molecule has 5 amide bonds. The number of carbonyl (C=O) groups is 6. The number of alkyl halides is 3. The van der Waals surface area contributed by atoms with Crippen LogP contribution in [-0.4, -0.2) is 113 Å². The molecule has 1 aliphatic carbocycles. The number of nitrogens with one attached hydrogen (secondary N) is 4. The molecule has 0 unspecified atom stereocenters. The van der Waals surface area contributed by atoms with Crippen molar-refractivity contribution in [2.24, 2.45) is 17.8 Å². The molecule has 0 spiro atoms. The van der Waals surface area contributed by atoms with Crippen molar-refractivity contribution in [2.75, 3.05) is 27.2 Å². The minimum Gasteiger partial charge on any atom is -0.499 e. The van der Waals surface area contributed by atoms with E-state index < -0.39 is 48.1 Å². The number of amides is 5. The normalized spacial score (nSPS) is 19.6. The molecular formula is C43H59F3N6O8. The Kier molecular flexibility index (Phi) is 17.3. The van der Waals surface area contributed by atoms with Gasteiger partial charge in [-0.3, -0.25) is 28.9 Å². The summed E-state index contributed by atoms with van der Waals surface area (Å²) in [5, 5.41) is 17.1. The molecule has 60 heavy (non-hydrogen) atoms. The van der Waals surface area contributed by atoms with Crippen LogP contribution in [0.3, 0.4) is 0 Å². The lowest BCUT2D eigenvalue weighted by Gasteiger charge is -2.32. The summed E-state index contributed by atoms with van der Waals surface area (Å²) in [4.78, 5) is 83.0. The zero-order valence-corrected chi connectivity index (χ0v) is 35.0. The van der Waals surface area contributed by atoms with Gasteiger partial charge in [-0.05, 0) is 76.2 Å². The molecule has 2 aliphatic heterocycles. The third-order valence-corrected chi connectivity index (χ3v) is 11.2. The monoisotopic (exact) mass is 844 g/mol. The number of likely N-dealkylation sites (tertiary alicyclic amines) is 1. The van der Waals surface area contributed by atoms with Crippen molar-refractivity contribution in [3.63, 3.8) is 0 Å². The van der Waals surface area contributed by atoms with Crippen LogP contribution in [0, 0.1) is 17.8 Å². The summed E-state index contributed by atoms with van der Waals surface area (Å²) in [5.74, 6) is -3.85. The Morgan fingerprint density at radius 3 is 2.20 bits per heavy atom. The van der Waals surface area contributed by atoms with Crippen LogP contribution in [0.4, 0.5) is 13.2 Å². The standard InChI is InChI=1S/C41H58N6O6.C2HF3O2/c1-26(2)21-33(45-41(52)34(22-28-11-7-6-8-12-28)44-39(50)29-17-19-46(4)20-18-29)40(51)43-27(3)15-16-37(48)47-35(36(53-5)24-38(47)49)23-30-25-42-32-14-10-9-13-31(30)32;3-2(4,5)1(6)7/h9-10,13-16,24-29,33-35,42H,6-8,11-12,17-23H2,1-5H3,(H,43,51)(H,44,50)(H,45,52);(H,6,7)/b16-15+;/t27-,33-,34-,35-;/m0./s1. The maximum atomic E-state index is 13.9. The van der Waals surface area contributed by atoms with E-state index in [9.17, 15) is 37.1 Å². The summed E-state index contributed by atoms with van der Waals surface area (Å²) in [6.07, 6.45) is 9.31. The highest BCUT2D eigenvalue weighted by molar-refractivity contribution is 6.08. The topological polar surface area (TPSA) is 190 Å². The fourth-order valence-electron chi connectivity index (χ4n) is 7.93. The Bertz CT molecular complexity index is 1880. The molecule has 14 nitrogen and oxygen atoms in total. The number of carboxylic acids is 1. The highest BCUT2D eigenvalue weighted by Crippen LogP contribution is 2.29. The van der Waals surface area contributed by atoms with E-state index in [0.29, 0.717) is 30.9 Å². The number of carboxylic acid groups (broad SMARTS) is 1. The number of rotatable bonds is 15. The molecule has 1 saturated heterocycles. The number of benzene rings is 1. The van der Waals surface area contributed by atoms with Crippen molar-refractivity contribution in [1.29, 1.82) is 0 Å². The van der Waals surface area contributed by atoms with E-state index in [1.165, 1.54) is 30.6 Å². The largest absolute Gasteiger partial charge is 0.499 e. The van der Waals surface area contributed by atoms with Gasteiger partial charge in [0.2, 0.25) is 17.7 Å². The highest BCUT2D eigenvalue weighted by Gasteiger charge is 2.39. The molecule has 4 atom stereocenters. The van der Waals surface area contributed by atoms with Crippen LogP contribution in [0.1, 0.15) is 84.1 Å². The van der Waals surface area contributed by atoms with Gasteiger partial charge < -0.3 is 35.7 Å². The Hall–Kier alpha value is -5.19. The van der Waals surface area contributed by atoms with Crippen molar-refractivity contribution in [3.05, 3.63) is 60.0 Å². The Balaban J connectivity index is 0.00000104. The van der Waals surface area contributed by atoms with E-state index in [1.54, 1.807) is 13.0 Å². The van der Waals surface area contributed by atoms with Crippen molar-refractivity contribution in [2.45, 2.75) is 115 Å². The smallest absolute Gasteiger partial charge is 0.490 e. The minimum absolute atomic E-state index is 0.0876. The van der Waals surface area contributed by atoms with Gasteiger partial charge in [-0.15, -0.1) is 0 Å². The second kappa shape index (κ2) is 21.9. The molecule has 0 bridgehead atoms. The van der Waals surface area contributed by atoms with Gasteiger partial charge in [-0.2, -0.15) is 13.2 Å². The number of H-pyrrole nitrogens is 1. The Morgan fingerprint density at radius 1 is 0.950 bits per heavy atom. The van der Waals surface area contributed by atoms with Gasteiger partial charge in [-0.1, -0.05) is 70.2 Å². The third kappa shape index (κ3) is 13.7. The average Bonchev–Trinajstić information content (AvgIpc) is 3.76. The number of piperidine rings is 1.